The first-order valence-corrected chi connectivity index (χ1v) is 7.30. The van der Waals surface area contributed by atoms with Crippen molar-refractivity contribution in [2.24, 2.45) is 0 Å². The molecular weight excluding hydrogens is 296 g/mol. The highest BCUT2D eigenvalue weighted by Gasteiger charge is 2.18. The van der Waals surface area contributed by atoms with Crippen molar-refractivity contribution >= 4 is 16.7 Å². The number of ketones is 1. The van der Waals surface area contributed by atoms with E-state index < -0.39 is 17.4 Å². The molecule has 116 valence electrons. The van der Waals surface area contributed by atoms with Gasteiger partial charge in [-0.25, -0.2) is 8.78 Å². The SMILES string of the molecule is Cc1ccc2cccc(CC(=O)c3ccc(C)c(F)c3F)c2n1. The molecule has 0 atom stereocenters. The number of carbonyl (C=O) groups excluding carboxylic acids is 1. The smallest absolute Gasteiger partial charge is 0.170 e. The Kier molecular flexibility index (Phi) is 3.90. The lowest BCUT2D eigenvalue weighted by Crippen LogP contribution is -2.09. The Bertz CT molecular complexity index is 919. The minimum Gasteiger partial charge on any atom is -0.294 e. The summed E-state index contributed by atoms with van der Waals surface area (Å²) in [7, 11) is 0. The van der Waals surface area contributed by atoms with Crippen LogP contribution in [-0.2, 0) is 6.42 Å². The van der Waals surface area contributed by atoms with E-state index in [1.165, 1.54) is 19.1 Å². The minimum absolute atomic E-state index is 0.0206. The van der Waals surface area contributed by atoms with Gasteiger partial charge in [0.15, 0.2) is 17.4 Å². The number of aromatic nitrogens is 1. The molecule has 0 bridgehead atoms. The normalized spacial score (nSPS) is 11.0. The molecule has 1 heterocycles. The van der Waals surface area contributed by atoms with Crippen molar-refractivity contribution < 1.29 is 13.6 Å². The van der Waals surface area contributed by atoms with Gasteiger partial charge in [0.05, 0.1) is 11.1 Å². The Labute approximate surface area is 132 Å². The van der Waals surface area contributed by atoms with E-state index in [1.54, 1.807) is 6.07 Å². The molecule has 0 fully saturated rings. The van der Waals surface area contributed by atoms with Crippen LogP contribution in [0, 0.1) is 25.5 Å². The van der Waals surface area contributed by atoms with Crippen LogP contribution in [0.3, 0.4) is 0 Å². The molecule has 0 N–H and O–H groups in total. The summed E-state index contributed by atoms with van der Waals surface area (Å²) < 4.78 is 27.6. The number of hydrogen-bond acceptors (Lipinski definition) is 2. The van der Waals surface area contributed by atoms with Gasteiger partial charge in [0.2, 0.25) is 0 Å². The van der Waals surface area contributed by atoms with Crippen LogP contribution in [0.25, 0.3) is 10.9 Å². The first-order chi connectivity index (χ1) is 11.0. The summed E-state index contributed by atoms with van der Waals surface area (Å²) in [6.07, 6.45) is -0.0206. The highest BCUT2D eigenvalue weighted by Crippen LogP contribution is 2.21. The number of aryl methyl sites for hydroxylation is 2. The Morgan fingerprint density at radius 3 is 2.57 bits per heavy atom. The molecule has 0 radical (unpaired) electrons. The number of halogens is 2. The number of Topliss-reactive ketones (excluding diaryl/α,β-unsaturated/α-hetero) is 1. The van der Waals surface area contributed by atoms with Gasteiger partial charge in [-0.2, -0.15) is 0 Å². The van der Waals surface area contributed by atoms with Gasteiger partial charge in [-0.1, -0.05) is 30.3 Å². The average Bonchev–Trinajstić information content (AvgIpc) is 2.53. The van der Waals surface area contributed by atoms with E-state index in [2.05, 4.69) is 4.98 Å². The lowest BCUT2D eigenvalue weighted by atomic mass is 9.99. The van der Waals surface area contributed by atoms with Crippen LogP contribution in [-0.4, -0.2) is 10.8 Å². The fourth-order valence-electron chi connectivity index (χ4n) is 2.58. The molecule has 0 aliphatic heterocycles. The summed E-state index contributed by atoms with van der Waals surface area (Å²) in [5.74, 6) is -2.51. The number of rotatable bonds is 3. The van der Waals surface area contributed by atoms with Gasteiger partial charge in [-0.05, 0) is 37.1 Å². The molecule has 4 heteroatoms. The fraction of sp³-hybridized carbons (Fsp3) is 0.158. The number of carbonyl (C=O) groups is 1. The quantitative estimate of drug-likeness (QED) is 0.664. The molecule has 2 nitrogen and oxygen atoms in total. The molecular formula is C19H15F2NO. The minimum atomic E-state index is -1.08. The van der Waals surface area contributed by atoms with Crippen molar-refractivity contribution in [3.05, 3.63) is 76.5 Å². The lowest BCUT2D eigenvalue weighted by molar-refractivity contribution is 0.0988. The standard InChI is InChI=1S/C19H15F2NO/c1-11-6-9-15(18(21)17(11)20)16(23)10-14-5-3-4-13-8-7-12(2)22-19(13)14/h3-9H,10H2,1-2H3. The Balaban J connectivity index is 2.01. The van der Waals surface area contributed by atoms with Gasteiger partial charge in [0, 0.05) is 17.5 Å². The third kappa shape index (κ3) is 2.84. The molecule has 0 spiro atoms. The zero-order valence-corrected chi connectivity index (χ0v) is 12.9. The number of nitrogens with zero attached hydrogens (tertiary/aromatic N) is 1. The number of benzene rings is 2. The van der Waals surface area contributed by atoms with Crippen molar-refractivity contribution in [3.8, 4) is 0 Å². The van der Waals surface area contributed by atoms with E-state index in [-0.39, 0.29) is 17.5 Å². The Morgan fingerprint density at radius 2 is 1.78 bits per heavy atom. The maximum atomic E-state index is 14.0. The zero-order valence-electron chi connectivity index (χ0n) is 12.9. The largest absolute Gasteiger partial charge is 0.294 e. The van der Waals surface area contributed by atoms with E-state index in [1.807, 2.05) is 31.2 Å². The van der Waals surface area contributed by atoms with Crippen LogP contribution in [0.2, 0.25) is 0 Å². The summed E-state index contributed by atoms with van der Waals surface area (Å²) in [4.78, 5) is 16.8. The lowest BCUT2D eigenvalue weighted by Gasteiger charge is -2.08. The molecule has 0 aliphatic carbocycles. The highest BCUT2D eigenvalue weighted by molar-refractivity contribution is 5.99. The average molecular weight is 311 g/mol. The number of pyridine rings is 1. The van der Waals surface area contributed by atoms with E-state index >= 15 is 0 Å². The molecule has 1 aromatic heterocycles. The van der Waals surface area contributed by atoms with Crippen molar-refractivity contribution in [2.45, 2.75) is 20.3 Å². The Hall–Kier alpha value is -2.62. The van der Waals surface area contributed by atoms with Crippen LogP contribution in [0.5, 0.6) is 0 Å². The van der Waals surface area contributed by atoms with E-state index in [9.17, 15) is 13.6 Å². The third-order valence-corrected chi connectivity index (χ3v) is 3.87. The predicted molar refractivity (Wildman–Crippen MR) is 85.6 cm³/mol. The maximum absolute atomic E-state index is 14.0. The predicted octanol–water partition coefficient (Wildman–Crippen LogP) is 4.56. The second-order valence-electron chi connectivity index (χ2n) is 5.60. The monoisotopic (exact) mass is 311 g/mol. The first-order valence-electron chi connectivity index (χ1n) is 7.30. The van der Waals surface area contributed by atoms with Gasteiger partial charge >= 0.3 is 0 Å². The Morgan fingerprint density at radius 1 is 1.00 bits per heavy atom. The van der Waals surface area contributed by atoms with Crippen LogP contribution in [0.15, 0.2) is 42.5 Å². The van der Waals surface area contributed by atoms with E-state index in [0.717, 1.165) is 11.1 Å². The second-order valence-corrected chi connectivity index (χ2v) is 5.60. The number of para-hydroxylation sites is 1. The van der Waals surface area contributed by atoms with Crippen molar-refractivity contribution in [1.82, 2.24) is 4.98 Å². The topological polar surface area (TPSA) is 30.0 Å². The van der Waals surface area contributed by atoms with Crippen LogP contribution in [0.4, 0.5) is 8.78 Å². The molecule has 0 saturated carbocycles. The molecule has 0 saturated heterocycles. The summed E-state index contributed by atoms with van der Waals surface area (Å²) in [5, 5.41) is 0.913. The van der Waals surface area contributed by atoms with Crippen molar-refractivity contribution in [1.29, 1.82) is 0 Å². The molecule has 3 rings (SSSR count). The molecule has 2 aromatic carbocycles. The van der Waals surface area contributed by atoms with Crippen LogP contribution >= 0.6 is 0 Å². The van der Waals surface area contributed by atoms with Gasteiger partial charge in [0.1, 0.15) is 0 Å². The van der Waals surface area contributed by atoms with Crippen LogP contribution in [0.1, 0.15) is 27.2 Å². The van der Waals surface area contributed by atoms with E-state index in [4.69, 9.17) is 0 Å². The molecule has 0 unspecified atom stereocenters. The molecule has 3 aromatic rings. The second kappa shape index (κ2) is 5.88. The zero-order chi connectivity index (χ0) is 16.6. The molecule has 0 aliphatic rings. The third-order valence-electron chi connectivity index (χ3n) is 3.87. The maximum Gasteiger partial charge on any atom is 0.170 e. The molecule has 23 heavy (non-hydrogen) atoms. The summed E-state index contributed by atoms with van der Waals surface area (Å²) in [6.45, 7) is 3.33. The molecule has 0 amide bonds. The van der Waals surface area contributed by atoms with Crippen LogP contribution < -0.4 is 0 Å². The number of fused-ring (bicyclic) bond motifs is 1. The summed E-state index contributed by atoms with van der Waals surface area (Å²) >= 11 is 0. The van der Waals surface area contributed by atoms with Crippen molar-refractivity contribution in [3.63, 3.8) is 0 Å². The van der Waals surface area contributed by atoms with Gasteiger partial charge in [-0.15, -0.1) is 0 Å². The van der Waals surface area contributed by atoms with E-state index in [0.29, 0.717) is 11.1 Å². The van der Waals surface area contributed by atoms with Gasteiger partial charge in [0.25, 0.3) is 0 Å². The fourth-order valence-corrected chi connectivity index (χ4v) is 2.58. The highest BCUT2D eigenvalue weighted by atomic mass is 19.2. The van der Waals surface area contributed by atoms with Crippen molar-refractivity contribution in [2.75, 3.05) is 0 Å². The summed E-state index contributed by atoms with van der Waals surface area (Å²) in [5.41, 5.74) is 2.22. The first kappa shape index (κ1) is 15.3. The van der Waals surface area contributed by atoms with Gasteiger partial charge < -0.3 is 0 Å². The van der Waals surface area contributed by atoms with Gasteiger partial charge in [-0.3, -0.25) is 9.78 Å². The number of hydrogen-bond donors (Lipinski definition) is 0. The summed E-state index contributed by atoms with van der Waals surface area (Å²) in [6, 6.07) is 12.1.